The molecule has 1 saturated heterocycles. The zero-order chi connectivity index (χ0) is 24.4. The average molecular weight is 495 g/mol. The smallest absolute Gasteiger partial charge is 0.263 e. The highest BCUT2D eigenvalue weighted by atomic mass is 32.1. The van der Waals surface area contributed by atoms with E-state index in [2.05, 4.69) is 5.32 Å². The maximum absolute atomic E-state index is 13.4. The highest BCUT2D eigenvalue weighted by Crippen LogP contribution is 2.40. The number of carbonyl (C=O) groups excluding carboxylic acids is 2. The van der Waals surface area contributed by atoms with E-state index in [-0.39, 0.29) is 24.5 Å². The Morgan fingerprint density at radius 1 is 1.06 bits per heavy atom. The Balaban J connectivity index is 1.38. The number of benzene rings is 2. The van der Waals surface area contributed by atoms with Gasteiger partial charge in [-0.05, 0) is 35.2 Å². The van der Waals surface area contributed by atoms with Crippen LogP contribution < -0.4 is 24.3 Å². The van der Waals surface area contributed by atoms with Gasteiger partial charge in [-0.25, -0.2) is 0 Å². The molecule has 3 heterocycles. The molecule has 2 amide bonds. The monoisotopic (exact) mass is 494 g/mol. The number of amides is 2. The number of ether oxygens (including phenoxy) is 4. The third kappa shape index (κ3) is 4.64. The summed E-state index contributed by atoms with van der Waals surface area (Å²) in [5, 5.41) is 4.93. The molecule has 182 valence electrons. The van der Waals surface area contributed by atoms with Crippen molar-refractivity contribution in [2.45, 2.75) is 12.5 Å². The lowest BCUT2D eigenvalue weighted by atomic mass is 9.87. The summed E-state index contributed by atoms with van der Waals surface area (Å²) in [4.78, 5) is 29.0. The fourth-order valence-electron chi connectivity index (χ4n) is 4.60. The average Bonchev–Trinajstić information content (AvgIpc) is 3.66. The van der Waals surface area contributed by atoms with Crippen LogP contribution in [0.1, 0.15) is 26.7 Å². The molecule has 1 fully saturated rings. The van der Waals surface area contributed by atoms with Gasteiger partial charge in [-0.3, -0.25) is 9.59 Å². The molecule has 1 aromatic heterocycles. The summed E-state index contributed by atoms with van der Waals surface area (Å²) in [6.07, 6.45) is 0. The molecule has 2 unspecified atom stereocenters. The Kier molecular flexibility index (Phi) is 6.50. The lowest BCUT2D eigenvalue weighted by Gasteiger charge is -2.21. The van der Waals surface area contributed by atoms with E-state index in [0.29, 0.717) is 47.5 Å². The summed E-state index contributed by atoms with van der Waals surface area (Å²) >= 11 is 1.40. The molecule has 2 aliphatic heterocycles. The van der Waals surface area contributed by atoms with Crippen molar-refractivity contribution in [2.75, 3.05) is 34.1 Å². The van der Waals surface area contributed by atoms with Crippen LogP contribution in [0.2, 0.25) is 0 Å². The Labute approximate surface area is 207 Å². The van der Waals surface area contributed by atoms with E-state index in [0.717, 1.165) is 11.1 Å². The fourth-order valence-corrected chi connectivity index (χ4v) is 5.29. The molecular weight excluding hydrogens is 468 g/mol. The van der Waals surface area contributed by atoms with Gasteiger partial charge in [-0.1, -0.05) is 18.2 Å². The van der Waals surface area contributed by atoms with E-state index in [1.807, 2.05) is 47.8 Å². The van der Waals surface area contributed by atoms with Gasteiger partial charge in [0.2, 0.25) is 12.7 Å². The minimum Gasteiger partial charge on any atom is -0.497 e. The molecule has 2 aromatic carbocycles. The van der Waals surface area contributed by atoms with Crippen LogP contribution >= 0.6 is 11.3 Å². The molecular formula is C26H26N2O6S. The molecule has 8 nitrogen and oxygen atoms in total. The first-order valence-corrected chi connectivity index (χ1v) is 12.2. The zero-order valence-electron chi connectivity index (χ0n) is 19.5. The summed E-state index contributed by atoms with van der Waals surface area (Å²) in [5.74, 6) is 1.83. The highest BCUT2D eigenvalue weighted by molar-refractivity contribution is 7.12. The standard InChI is InChI=1S/C26H26N2O6S/c1-31-17-6-7-18(22(11-17)32-2)19-13-28(26(30)24-4-3-9-35-24)14-20(19)25(29)27-12-16-5-8-21-23(10-16)34-15-33-21/h3-11,19-20H,12-15H2,1-2H3,(H,27,29). The molecule has 0 radical (unpaired) electrons. The Morgan fingerprint density at radius 3 is 2.69 bits per heavy atom. The molecule has 1 N–H and O–H groups in total. The number of fused-ring (bicyclic) bond motifs is 1. The van der Waals surface area contributed by atoms with Crippen LogP contribution in [0.4, 0.5) is 0 Å². The van der Waals surface area contributed by atoms with Crippen molar-refractivity contribution < 1.29 is 28.5 Å². The number of nitrogens with one attached hydrogen (secondary N) is 1. The SMILES string of the molecule is COc1ccc(C2CN(C(=O)c3cccs3)CC2C(=O)NCc2ccc3c(c2)OCO3)c(OC)c1. The van der Waals surface area contributed by atoms with Gasteiger partial charge in [0.1, 0.15) is 11.5 Å². The summed E-state index contributed by atoms with van der Waals surface area (Å²) in [7, 11) is 3.19. The van der Waals surface area contributed by atoms with Gasteiger partial charge < -0.3 is 29.2 Å². The molecule has 0 spiro atoms. The van der Waals surface area contributed by atoms with Crippen molar-refractivity contribution >= 4 is 23.2 Å². The van der Waals surface area contributed by atoms with Crippen LogP contribution in [0.25, 0.3) is 0 Å². The highest BCUT2D eigenvalue weighted by Gasteiger charge is 2.42. The van der Waals surface area contributed by atoms with Crippen molar-refractivity contribution in [3.05, 3.63) is 69.9 Å². The number of likely N-dealkylation sites (tertiary alicyclic amines) is 1. The topological polar surface area (TPSA) is 86.3 Å². The Bertz CT molecular complexity index is 1230. The minimum absolute atomic E-state index is 0.0662. The van der Waals surface area contributed by atoms with E-state index < -0.39 is 5.92 Å². The normalized spacial score (nSPS) is 18.4. The number of rotatable bonds is 7. The fraction of sp³-hybridized carbons (Fsp3) is 0.308. The number of carbonyl (C=O) groups is 2. The molecule has 0 bridgehead atoms. The van der Waals surface area contributed by atoms with E-state index in [9.17, 15) is 9.59 Å². The van der Waals surface area contributed by atoms with Gasteiger partial charge >= 0.3 is 0 Å². The first-order valence-electron chi connectivity index (χ1n) is 11.3. The third-order valence-corrected chi connectivity index (χ3v) is 7.28. The summed E-state index contributed by atoms with van der Waals surface area (Å²) in [6.45, 7) is 1.29. The molecule has 9 heteroatoms. The molecule has 0 saturated carbocycles. The van der Waals surface area contributed by atoms with Crippen LogP contribution in [0.5, 0.6) is 23.0 Å². The van der Waals surface area contributed by atoms with Crippen molar-refractivity contribution in [1.29, 1.82) is 0 Å². The zero-order valence-corrected chi connectivity index (χ0v) is 20.3. The molecule has 2 aliphatic rings. The van der Waals surface area contributed by atoms with Gasteiger partial charge in [0.15, 0.2) is 11.5 Å². The predicted octanol–water partition coefficient (Wildman–Crippen LogP) is 3.67. The first-order chi connectivity index (χ1) is 17.1. The first kappa shape index (κ1) is 23.0. The third-order valence-electron chi connectivity index (χ3n) is 6.42. The van der Waals surface area contributed by atoms with Crippen LogP contribution in [-0.2, 0) is 11.3 Å². The molecule has 0 aliphatic carbocycles. The van der Waals surface area contributed by atoms with Gasteiger partial charge in [0.25, 0.3) is 5.91 Å². The summed E-state index contributed by atoms with van der Waals surface area (Å²) in [5.41, 5.74) is 1.78. The summed E-state index contributed by atoms with van der Waals surface area (Å²) in [6, 6.07) is 14.8. The van der Waals surface area contributed by atoms with Crippen molar-refractivity contribution in [3.63, 3.8) is 0 Å². The van der Waals surface area contributed by atoms with Gasteiger partial charge in [-0.2, -0.15) is 0 Å². The van der Waals surface area contributed by atoms with Crippen molar-refractivity contribution in [1.82, 2.24) is 10.2 Å². The lowest BCUT2D eigenvalue weighted by Crippen LogP contribution is -2.35. The Morgan fingerprint density at radius 2 is 1.91 bits per heavy atom. The van der Waals surface area contributed by atoms with Crippen LogP contribution in [-0.4, -0.2) is 50.8 Å². The molecule has 35 heavy (non-hydrogen) atoms. The molecule has 3 aromatic rings. The predicted molar refractivity (Wildman–Crippen MR) is 130 cm³/mol. The summed E-state index contributed by atoms with van der Waals surface area (Å²) < 4.78 is 21.8. The second kappa shape index (κ2) is 9.87. The second-order valence-corrected chi connectivity index (χ2v) is 9.36. The quantitative estimate of drug-likeness (QED) is 0.540. The Hall–Kier alpha value is -3.72. The van der Waals surface area contributed by atoms with Crippen LogP contribution in [0.15, 0.2) is 53.9 Å². The van der Waals surface area contributed by atoms with E-state index in [4.69, 9.17) is 18.9 Å². The lowest BCUT2D eigenvalue weighted by molar-refractivity contribution is -0.125. The van der Waals surface area contributed by atoms with Crippen molar-refractivity contribution in [2.24, 2.45) is 5.92 Å². The molecule has 5 rings (SSSR count). The number of hydrogen-bond donors (Lipinski definition) is 1. The molecule has 2 atom stereocenters. The largest absolute Gasteiger partial charge is 0.497 e. The number of thiophene rings is 1. The van der Waals surface area contributed by atoms with E-state index in [1.54, 1.807) is 25.2 Å². The van der Waals surface area contributed by atoms with Gasteiger partial charge in [0, 0.05) is 37.2 Å². The van der Waals surface area contributed by atoms with Gasteiger partial charge in [-0.15, -0.1) is 11.3 Å². The minimum atomic E-state index is -0.435. The van der Waals surface area contributed by atoms with E-state index in [1.165, 1.54) is 11.3 Å². The number of nitrogens with zero attached hydrogens (tertiary/aromatic N) is 1. The maximum Gasteiger partial charge on any atom is 0.263 e. The van der Waals surface area contributed by atoms with E-state index >= 15 is 0 Å². The van der Waals surface area contributed by atoms with Crippen molar-refractivity contribution in [3.8, 4) is 23.0 Å². The number of hydrogen-bond acceptors (Lipinski definition) is 7. The second-order valence-electron chi connectivity index (χ2n) is 8.41. The van der Waals surface area contributed by atoms with Gasteiger partial charge in [0.05, 0.1) is 25.0 Å². The number of methoxy groups -OCH3 is 2. The maximum atomic E-state index is 13.4. The van der Waals surface area contributed by atoms with Crippen LogP contribution in [0, 0.1) is 5.92 Å². The van der Waals surface area contributed by atoms with Crippen LogP contribution in [0.3, 0.4) is 0 Å².